The number of nitrogens with zero attached hydrogens (tertiary/aromatic N) is 1. The lowest BCUT2D eigenvalue weighted by molar-refractivity contribution is 0.260. The summed E-state index contributed by atoms with van der Waals surface area (Å²) in [5.41, 5.74) is 2.61. The molecule has 2 nitrogen and oxygen atoms in total. The maximum absolute atomic E-state index is 3.21. The fourth-order valence-corrected chi connectivity index (χ4v) is 3.09. The molecule has 0 saturated heterocycles. The summed E-state index contributed by atoms with van der Waals surface area (Å²) in [6.07, 6.45) is 8.68. The minimum absolute atomic E-state index is 0.986. The second-order valence-corrected chi connectivity index (χ2v) is 5.98. The van der Waals surface area contributed by atoms with Crippen LogP contribution in [0.3, 0.4) is 0 Å². The van der Waals surface area contributed by atoms with E-state index in [2.05, 4.69) is 41.5 Å². The zero-order valence-electron chi connectivity index (χ0n) is 12.5. The molecule has 1 aromatic carbocycles. The van der Waals surface area contributed by atoms with Gasteiger partial charge in [0.05, 0.1) is 0 Å². The molecule has 2 heteroatoms. The van der Waals surface area contributed by atoms with Crippen molar-refractivity contribution in [2.75, 3.05) is 26.0 Å². The largest absolute Gasteiger partial charge is 0.388 e. The van der Waals surface area contributed by atoms with E-state index < -0.39 is 0 Å². The number of rotatable bonds is 6. The fourth-order valence-electron chi connectivity index (χ4n) is 3.09. The number of anilines is 1. The second kappa shape index (κ2) is 7.54. The molecule has 0 aliphatic heterocycles. The number of benzene rings is 1. The van der Waals surface area contributed by atoms with E-state index in [-0.39, 0.29) is 0 Å². The lowest BCUT2D eigenvalue weighted by Gasteiger charge is -2.24. The van der Waals surface area contributed by atoms with Crippen molar-refractivity contribution in [1.29, 1.82) is 0 Å². The molecule has 1 aromatic rings. The highest BCUT2D eigenvalue weighted by Crippen LogP contribution is 2.26. The Morgan fingerprint density at radius 1 is 1.21 bits per heavy atom. The van der Waals surface area contributed by atoms with Gasteiger partial charge in [-0.15, -0.1) is 0 Å². The Morgan fingerprint density at radius 2 is 2.00 bits per heavy atom. The van der Waals surface area contributed by atoms with E-state index in [1.165, 1.54) is 56.3 Å². The molecule has 0 atom stereocenters. The van der Waals surface area contributed by atoms with E-state index in [9.17, 15) is 0 Å². The van der Waals surface area contributed by atoms with Gasteiger partial charge in [-0.1, -0.05) is 44.2 Å². The summed E-state index contributed by atoms with van der Waals surface area (Å²) in [7, 11) is 4.22. The Hall–Kier alpha value is -1.02. The van der Waals surface area contributed by atoms with Crippen molar-refractivity contribution in [2.45, 2.75) is 45.1 Å². The Morgan fingerprint density at radius 3 is 2.74 bits per heavy atom. The lowest BCUT2D eigenvalue weighted by Crippen LogP contribution is -2.22. The van der Waals surface area contributed by atoms with E-state index in [0.717, 1.165) is 12.5 Å². The van der Waals surface area contributed by atoms with Gasteiger partial charge in [0.15, 0.2) is 0 Å². The summed E-state index contributed by atoms with van der Waals surface area (Å²) < 4.78 is 0. The van der Waals surface area contributed by atoms with Gasteiger partial charge >= 0.3 is 0 Å². The third-order valence-corrected chi connectivity index (χ3v) is 4.31. The maximum Gasteiger partial charge on any atom is 0.0340 e. The van der Waals surface area contributed by atoms with Crippen LogP contribution < -0.4 is 5.32 Å². The summed E-state index contributed by atoms with van der Waals surface area (Å²) >= 11 is 0. The van der Waals surface area contributed by atoms with Crippen LogP contribution in [0.25, 0.3) is 0 Å². The molecule has 0 bridgehead atoms. The predicted molar refractivity (Wildman–Crippen MR) is 83.5 cm³/mol. The first kappa shape index (κ1) is 14.4. The first-order valence-electron chi connectivity index (χ1n) is 7.73. The highest BCUT2D eigenvalue weighted by molar-refractivity contribution is 5.44. The summed E-state index contributed by atoms with van der Waals surface area (Å²) in [5, 5.41) is 3.21. The van der Waals surface area contributed by atoms with Crippen LogP contribution in [0, 0.1) is 5.92 Å². The van der Waals surface area contributed by atoms with E-state index in [4.69, 9.17) is 0 Å². The molecule has 0 aromatic heterocycles. The molecule has 1 aliphatic carbocycles. The van der Waals surface area contributed by atoms with Gasteiger partial charge in [-0.25, -0.2) is 0 Å². The van der Waals surface area contributed by atoms with Gasteiger partial charge in [0, 0.05) is 19.3 Å². The van der Waals surface area contributed by atoms with Crippen molar-refractivity contribution < 1.29 is 0 Å². The quantitative estimate of drug-likeness (QED) is 0.827. The van der Waals surface area contributed by atoms with Gasteiger partial charge in [0.1, 0.15) is 0 Å². The molecule has 106 valence electrons. The average molecular weight is 260 g/mol. The first-order valence-corrected chi connectivity index (χ1v) is 7.73. The van der Waals surface area contributed by atoms with Crippen LogP contribution in [0.15, 0.2) is 24.3 Å². The minimum atomic E-state index is 0.986. The Labute approximate surface area is 118 Å². The van der Waals surface area contributed by atoms with Crippen LogP contribution >= 0.6 is 0 Å². The van der Waals surface area contributed by atoms with Crippen molar-refractivity contribution in [3.63, 3.8) is 0 Å². The summed E-state index contributed by atoms with van der Waals surface area (Å²) in [6, 6.07) is 8.72. The number of hydrogen-bond donors (Lipinski definition) is 1. The summed E-state index contributed by atoms with van der Waals surface area (Å²) in [5.74, 6) is 0.986. The average Bonchev–Trinajstić information content (AvgIpc) is 2.46. The fraction of sp³-hybridized carbons (Fsp3) is 0.647. The highest BCUT2D eigenvalue weighted by atomic mass is 15.1. The van der Waals surface area contributed by atoms with Gasteiger partial charge in [-0.05, 0) is 43.6 Å². The predicted octanol–water partition coefficient (Wildman–Crippen LogP) is 4.13. The molecule has 0 amide bonds. The summed E-state index contributed by atoms with van der Waals surface area (Å²) in [6.45, 7) is 2.29. The zero-order valence-corrected chi connectivity index (χ0v) is 12.5. The maximum atomic E-state index is 3.21. The second-order valence-electron chi connectivity index (χ2n) is 5.98. The van der Waals surface area contributed by atoms with Crippen molar-refractivity contribution in [3.8, 4) is 0 Å². The molecule has 1 fully saturated rings. The molecular formula is C17H28N2. The van der Waals surface area contributed by atoms with Gasteiger partial charge in [0.2, 0.25) is 0 Å². The summed E-state index contributed by atoms with van der Waals surface area (Å²) in [4.78, 5) is 2.46. The lowest BCUT2D eigenvalue weighted by atomic mass is 9.87. The van der Waals surface area contributed by atoms with Gasteiger partial charge in [-0.3, -0.25) is 0 Å². The SMILES string of the molecule is CNc1cccc(CN(C)CCC2CCCCC2)c1. The van der Waals surface area contributed by atoms with Crippen LogP contribution in [0.1, 0.15) is 44.1 Å². The molecular weight excluding hydrogens is 232 g/mol. The normalized spacial score (nSPS) is 16.8. The smallest absolute Gasteiger partial charge is 0.0340 e. The standard InChI is InChI=1S/C17H28N2/c1-18-17-10-6-9-16(13-17)14-19(2)12-11-15-7-4-3-5-8-15/h6,9-10,13,15,18H,3-5,7-8,11-12,14H2,1-2H3. The molecule has 1 N–H and O–H groups in total. The molecule has 1 saturated carbocycles. The highest BCUT2D eigenvalue weighted by Gasteiger charge is 2.13. The molecule has 0 spiro atoms. The molecule has 0 heterocycles. The molecule has 0 unspecified atom stereocenters. The van der Waals surface area contributed by atoms with Gasteiger partial charge in [-0.2, -0.15) is 0 Å². The van der Waals surface area contributed by atoms with E-state index in [1.54, 1.807) is 0 Å². The van der Waals surface area contributed by atoms with Gasteiger partial charge in [0.25, 0.3) is 0 Å². The van der Waals surface area contributed by atoms with Crippen molar-refractivity contribution in [3.05, 3.63) is 29.8 Å². The van der Waals surface area contributed by atoms with E-state index >= 15 is 0 Å². The van der Waals surface area contributed by atoms with E-state index in [1.807, 2.05) is 7.05 Å². The molecule has 0 radical (unpaired) electrons. The van der Waals surface area contributed by atoms with Crippen LogP contribution in [0.4, 0.5) is 5.69 Å². The third kappa shape index (κ3) is 4.87. The van der Waals surface area contributed by atoms with Crippen LogP contribution in [-0.2, 0) is 6.54 Å². The molecule has 1 aliphatic rings. The monoisotopic (exact) mass is 260 g/mol. The Kier molecular flexibility index (Phi) is 5.71. The van der Waals surface area contributed by atoms with Crippen molar-refractivity contribution >= 4 is 5.69 Å². The zero-order chi connectivity index (χ0) is 13.5. The Bertz CT molecular complexity index is 369. The third-order valence-electron chi connectivity index (χ3n) is 4.31. The number of nitrogens with one attached hydrogen (secondary N) is 1. The van der Waals surface area contributed by atoms with Crippen LogP contribution in [-0.4, -0.2) is 25.5 Å². The van der Waals surface area contributed by atoms with Crippen LogP contribution in [0.2, 0.25) is 0 Å². The topological polar surface area (TPSA) is 15.3 Å². The van der Waals surface area contributed by atoms with Crippen LogP contribution in [0.5, 0.6) is 0 Å². The first-order chi connectivity index (χ1) is 9.28. The van der Waals surface area contributed by atoms with Gasteiger partial charge < -0.3 is 10.2 Å². The van der Waals surface area contributed by atoms with Crippen molar-refractivity contribution in [2.24, 2.45) is 5.92 Å². The van der Waals surface area contributed by atoms with Crippen molar-refractivity contribution in [1.82, 2.24) is 4.90 Å². The number of hydrogen-bond acceptors (Lipinski definition) is 2. The molecule has 2 rings (SSSR count). The molecule has 19 heavy (non-hydrogen) atoms. The minimum Gasteiger partial charge on any atom is -0.388 e. The Balaban J connectivity index is 1.75. The van der Waals surface area contributed by atoms with E-state index in [0.29, 0.717) is 0 Å².